The number of aliphatic imine (C=N–C) groups is 1. The molecule has 19 heavy (non-hydrogen) atoms. The second-order valence-electron chi connectivity index (χ2n) is 5.03. The molecule has 1 aliphatic rings. The predicted molar refractivity (Wildman–Crippen MR) is 76.1 cm³/mol. The molecule has 0 bridgehead atoms. The molecule has 0 amide bonds. The van der Waals surface area contributed by atoms with Crippen LogP contribution in [0.3, 0.4) is 0 Å². The molecule has 1 aromatic heterocycles. The molecule has 1 aromatic rings. The maximum atomic E-state index is 6.02. The van der Waals surface area contributed by atoms with Gasteiger partial charge in [0.15, 0.2) is 5.96 Å². The lowest BCUT2D eigenvalue weighted by molar-refractivity contribution is 0.277. The van der Waals surface area contributed by atoms with Gasteiger partial charge in [0.25, 0.3) is 0 Å². The van der Waals surface area contributed by atoms with E-state index in [1.165, 1.54) is 12.8 Å². The maximum absolute atomic E-state index is 6.02. The fraction of sp³-hybridized carbons (Fsp3) is 0.571. The number of pyridine rings is 1. The monoisotopic (exact) mass is 262 g/mol. The van der Waals surface area contributed by atoms with Crippen molar-refractivity contribution in [3.63, 3.8) is 0 Å². The van der Waals surface area contributed by atoms with Crippen molar-refractivity contribution in [2.75, 3.05) is 20.2 Å². The highest BCUT2D eigenvalue weighted by atomic mass is 16.5. The Kier molecular flexibility index (Phi) is 4.60. The number of hydrogen-bond acceptors (Lipinski definition) is 3. The molecule has 5 nitrogen and oxygen atoms in total. The van der Waals surface area contributed by atoms with Crippen molar-refractivity contribution in [3.05, 3.63) is 24.0 Å². The van der Waals surface area contributed by atoms with Crippen molar-refractivity contribution >= 4 is 5.96 Å². The third-order valence-electron chi connectivity index (χ3n) is 3.54. The minimum Gasteiger partial charge on any atom is -0.495 e. The molecule has 1 fully saturated rings. The average Bonchev–Trinajstić information content (AvgIpc) is 2.46. The number of nitrogens with two attached hydrogens (primary N) is 1. The lowest BCUT2D eigenvalue weighted by Crippen LogP contribution is -2.42. The van der Waals surface area contributed by atoms with E-state index in [1.807, 2.05) is 12.1 Å². The summed E-state index contributed by atoms with van der Waals surface area (Å²) in [5.74, 6) is 2.18. The van der Waals surface area contributed by atoms with Crippen LogP contribution in [0.5, 0.6) is 5.75 Å². The Hall–Kier alpha value is -1.78. The van der Waals surface area contributed by atoms with Gasteiger partial charge in [-0.05, 0) is 30.9 Å². The normalized spacial score (nSPS) is 17.6. The summed E-state index contributed by atoms with van der Waals surface area (Å²) in [5.41, 5.74) is 6.92. The SMILES string of the molecule is COc1ccc(CN=C(N)N2CCC(C)CC2)nc1. The van der Waals surface area contributed by atoms with Crippen molar-refractivity contribution in [1.29, 1.82) is 0 Å². The third kappa shape index (κ3) is 3.84. The smallest absolute Gasteiger partial charge is 0.191 e. The first-order chi connectivity index (χ1) is 9.19. The molecule has 104 valence electrons. The molecule has 0 aliphatic carbocycles. The van der Waals surface area contributed by atoms with Gasteiger partial charge >= 0.3 is 0 Å². The fourth-order valence-electron chi connectivity index (χ4n) is 2.12. The van der Waals surface area contributed by atoms with Crippen LogP contribution in [0.2, 0.25) is 0 Å². The topological polar surface area (TPSA) is 63.7 Å². The second kappa shape index (κ2) is 6.41. The number of likely N-dealkylation sites (tertiary alicyclic amines) is 1. The number of piperidine rings is 1. The number of aromatic nitrogens is 1. The molecule has 1 saturated heterocycles. The van der Waals surface area contributed by atoms with Crippen LogP contribution in [0.15, 0.2) is 23.3 Å². The average molecular weight is 262 g/mol. The Bertz CT molecular complexity index is 422. The number of nitrogens with zero attached hydrogens (tertiary/aromatic N) is 3. The molecule has 1 aliphatic heterocycles. The third-order valence-corrected chi connectivity index (χ3v) is 3.54. The molecular formula is C14H22N4O. The largest absolute Gasteiger partial charge is 0.495 e. The Morgan fingerprint density at radius 3 is 2.79 bits per heavy atom. The number of ether oxygens (including phenoxy) is 1. The van der Waals surface area contributed by atoms with Crippen LogP contribution in [0.25, 0.3) is 0 Å². The molecule has 0 atom stereocenters. The zero-order chi connectivity index (χ0) is 13.7. The van der Waals surface area contributed by atoms with Crippen LogP contribution in [-0.4, -0.2) is 36.0 Å². The first kappa shape index (κ1) is 13.6. The lowest BCUT2D eigenvalue weighted by Gasteiger charge is -2.30. The van der Waals surface area contributed by atoms with E-state index in [2.05, 4.69) is 21.8 Å². The molecule has 0 saturated carbocycles. The van der Waals surface area contributed by atoms with Gasteiger partial charge in [0.2, 0.25) is 0 Å². The molecule has 0 radical (unpaired) electrons. The molecule has 2 heterocycles. The molecule has 0 aromatic carbocycles. The number of rotatable bonds is 3. The van der Waals surface area contributed by atoms with Crippen molar-refractivity contribution in [1.82, 2.24) is 9.88 Å². The first-order valence-electron chi connectivity index (χ1n) is 6.73. The summed E-state index contributed by atoms with van der Waals surface area (Å²) in [6.07, 6.45) is 4.08. The molecule has 5 heteroatoms. The molecule has 2 N–H and O–H groups in total. The Morgan fingerprint density at radius 1 is 1.47 bits per heavy atom. The number of methoxy groups -OCH3 is 1. The molecule has 0 unspecified atom stereocenters. The van der Waals surface area contributed by atoms with Gasteiger partial charge in [-0.3, -0.25) is 4.98 Å². The van der Waals surface area contributed by atoms with Crippen LogP contribution in [-0.2, 0) is 6.54 Å². The van der Waals surface area contributed by atoms with Gasteiger partial charge in [0.05, 0.1) is 25.5 Å². The fourth-order valence-corrected chi connectivity index (χ4v) is 2.12. The van der Waals surface area contributed by atoms with E-state index in [0.29, 0.717) is 12.5 Å². The van der Waals surface area contributed by atoms with E-state index in [4.69, 9.17) is 10.5 Å². The summed E-state index contributed by atoms with van der Waals surface area (Å²) in [6, 6.07) is 3.80. The van der Waals surface area contributed by atoms with E-state index in [1.54, 1.807) is 13.3 Å². The zero-order valence-electron chi connectivity index (χ0n) is 11.7. The summed E-state index contributed by atoms with van der Waals surface area (Å²) < 4.78 is 5.07. The van der Waals surface area contributed by atoms with Gasteiger partial charge in [-0.1, -0.05) is 6.92 Å². The van der Waals surface area contributed by atoms with Gasteiger partial charge in [0, 0.05) is 13.1 Å². The van der Waals surface area contributed by atoms with Crippen molar-refractivity contribution in [2.24, 2.45) is 16.6 Å². The highest BCUT2D eigenvalue weighted by molar-refractivity contribution is 5.78. The highest BCUT2D eigenvalue weighted by Crippen LogP contribution is 2.15. The predicted octanol–water partition coefficient (Wildman–Crippen LogP) is 1.64. The van der Waals surface area contributed by atoms with E-state index < -0.39 is 0 Å². The van der Waals surface area contributed by atoms with Crippen LogP contribution in [0, 0.1) is 5.92 Å². The van der Waals surface area contributed by atoms with Gasteiger partial charge in [-0.25, -0.2) is 4.99 Å². The second-order valence-corrected chi connectivity index (χ2v) is 5.03. The van der Waals surface area contributed by atoms with Gasteiger partial charge < -0.3 is 15.4 Å². The van der Waals surface area contributed by atoms with Crippen LogP contribution in [0.1, 0.15) is 25.5 Å². The van der Waals surface area contributed by atoms with Crippen LogP contribution < -0.4 is 10.5 Å². The zero-order valence-corrected chi connectivity index (χ0v) is 11.7. The first-order valence-corrected chi connectivity index (χ1v) is 6.73. The molecular weight excluding hydrogens is 240 g/mol. The number of hydrogen-bond donors (Lipinski definition) is 1. The van der Waals surface area contributed by atoms with Crippen LogP contribution >= 0.6 is 0 Å². The Morgan fingerprint density at radius 2 is 2.21 bits per heavy atom. The minimum absolute atomic E-state index is 0.516. The Labute approximate surface area is 114 Å². The van der Waals surface area contributed by atoms with Gasteiger partial charge in [-0.2, -0.15) is 0 Å². The summed E-state index contributed by atoms with van der Waals surface area (Å²) >= 11 is 0. The van der Waals surface area contributed by atoms with E-state index >= 15 is 0 Å². The lowest BCUT2D eigenvalue weighted by atomic mass is 10.00. The van der Waals surface area contributed by atoms with Crippen molar-refractivity contribution in [3.8, 4) is 5.75 Å². The van der Waals surface area contributed by atoms with Gasteiger partial charge in [-0.15, -0.1) is 0 Å². The Balaban J connectivity index is 1.89. The van der Waals surface area contributed by atoms with Crippen molar-refractivity contribution < 1.29 is 4.74 Å². The van der Waals surface area contributed by atoms with Gasteiger partial charge in [0.1, 0.15) is 5.75 Å². The van der Waals surface area contributed by atoms with Crippen molar-refractivity contribution in [2.45, 2.75) is 26.3 Å². The van der Waals surface area contributed by atoms with Crippen LogP contribution in [0.4, 0.5) is 0 Å². The standard InChI is InChI=1S/C14H22N4O/c1-11-5-7-18(8-6-11)14(15)17-9-12-3-4-13(19-2)10-16-12/h3-4,10-11H,5-9H2,1-2H3,(H2,15,17). The summed E-state index contributed by atoms with van der Waals surface area (Å²) in [7, 11) is 1.63. The maximum Gasteiger partial charge on any atom is 0.191 e. The molecule has 0 spiro atoms. The van der Waals surface area contributed by atoms with E-state index in [0.717, 1.165) is 30.5 Å². The van der Waals surface area contributed by atoms with E-state index in [-0.39, 0.29) is 0 Å². The molecule has 2 rings (SSSR count). The summed E-state index contributed by atoms with van der Waals surface area (Å²) in [6.45, 7) is 4.81. The summed E-state index contributed by atoms with van der Waals surface area (Å²) in [5, 5.41) is 0. The van der Waals surface area contributed by atoms with E-state index in [9.17, 15) is 0 Å². The number of guanidine groups is 1. The minimum atomic E-state index is 0.516. The highest BCUT2D eigenvalue weighted by Gasteiger charge is 2.16. The quantitative estimate of drug-likeness (QED) is 0.664. The summed E-state index contributed by atoms with van der Waals surface area (Å²) in [4.78, 5) is 10.8.